The highest BCUT2D eigenvalue weighted by atomic mass is 35.5. The molecule has 2 aromatic carbocycles. The third-order valence-corrected chi connectivity index (χ3v) is 7.16. The lowest BCUT2D eigenvalue weighted by Gasteiger charge is -2.38. The van der Waals surface area contributed by atoms with E-state index < -0.39 is 0 Å². The quantitative estimate of drug-likeness (QED) is 0.342. The van der Waals surface area contributed by atoms with E-state index in [1.54, 1.807) is 0 Å². The van der Waals surface area contributed by atoms with Gasteiger partial charge in [0, 0.05) is 49.4 Å². The molecule has 1 aromatic heterocycles. The molecule has 0 radical (unpaired) electrons. The van der Waals surface area contributed by atoms with Crippen LogP contribution in [0.15, 0.2) is 72.4 Å². The number of hydrogen-bond donors (Lipinski definition) is 0. The predicted molar refractivity (Wildman–Crippen MR) is 134 cm³/mol. The van der Waals surface area contributed by atoms with E-state index >= 15 is 0 Å². The summed E-state index contributed by atoms with van der Waals surface area (Å²) >= 11 is 7.43. The summed E-state index contributed by atoms with van der Waals surface area (Å²) < 4.78 is 1.98. The second-order valence-corrected chi connectivity index (χ2v) is 9.38. The van der Waals surface area contributed by atoms with Crippen LogP contribution in [-0.4, -0.2) is 62.4 Å². The van der Waals surface area contributed by atoms with Gasteiger partial charge in [-0.15, -0.1) is 16.8 Å². The van der Waals surface area contributed by atoms with E-state index in [0.29, 0.717) is 28.5 Å². The molecule has 0 N–H and O–H groups in total. The summed E-state index contributed by atoms with van der Waals surface area (Å²) in [5.41, 5.74) is 2.24. The van der Waals surface area contributed by atoms with Crippen LogP contribution in [0, 0.1) is 0 Å². The largest absolute Gasteiger partial charge is 0.339 e. The number of piperazine rings is 1. The molecule has 33 heavy (non-hydrogen) atoms. The Morgan fingerprint density at radius 2 is 1.79 bits per heavy atom. The average molecular weight is 482 g/mol. The average Bonchev–Trinajstić information content (AvgIpc) is 3.26. The number of halogens is 1. The molecule has 0 bridgehead atoms. The second kappa shape index (κ2) is 11.0. The van der Waals surface area contributed by atoms with Crippen LogP contribution < -0.4 is 0 Å². The summed E-state index contributed by atoms with van der Waals surface area (Å²) in [5.74, 6) is 1.21. The summed E-state index contributed by atoms with van der Waals surface area (Å²) in [5, 5.41) is 10.1. The molecule has 172 valence electrons. The molecule has 1 amide bonds. The van der Waals surface area contributed by atoms with Crippen molar-refractivity contribution < 1.29 is 4.79 Å². The molecule has 2 heterocycles. The van der Waals surface area contributed by atoms with E-state index in [2.05, 4.69) is 52.9 Å². The molecule has 4 rings (SSSR count). The van der Waals surface area contributed by atoms with Crippen LogP contribution in [0.25, 0.3) is 11.4 Å². The number of carbonyl (C=O) groups excluding carboxylic acids is 1. The monoisotopic (exact) mass is 481 g/mol. The van der Waals surface area contributed by atoms with Crippen LogP contribution >= 0.6 is 23.4 Å². The Labute approximate surface area is 204 Å². The molecule has 0 aliphatic carbocycles. The van der Waals surface area contributed by atoms with Crippen LogP contribution in [0.2, 0.25) is 5.02 Å². The highest BCUT2D eigenvalue weighted by Crippen LogP contribution is 2.26. The maximum Gasteiger partial charge on any atom is 0.233 e. The van der Waals surface area contributed by atoms with Crippen molar-refractivity contribution >= 4 is 29.3 Å². The SMILES string of the molecule is C=CCn1c(SCC(=O)N2CCN(C(C)c3ccccc3)CC2)nnc1-c1ccc(Cl)cc1. The summed E-state index contributed by atoms with van der Waals surface area (Å²) in [6, 6.07) is 18.4. The van der Waals surface area contributed by atoms with Gasteiger partial charge in [0.15, 0.2) is 11.0 Å². The summed E-state index contributed by atoms with van der Waals surface area (Å²) in [7, 11) is 0. The zero-order valence-corrected chi connectivity index (χ0v) is 20.3. The fraction of sp³-hybridized carbons (Fsp3) is 0.320. The molecule has 1 fully saturated rings. The lowest BCUT2D eigenvalue weighted by molar-refractivity contribution is -0.130. The summed E-state index contributed by atoms with van der Waals surface area (Å²) in [4.78, 5) is 17.3. The topological polar surface area (TPSA) is 54.3 Å². The first-order valence-corrected chi connectivity index (χ1v) is 12.4. The van der Waals surface area contributed by atoms with Crippen molar-refractivity contribution in [2.24, 2.45) is 0 Å². The number of thioether (sulfide) groups is 1. The molecule has 1 atom stereocenters. The van der Waals surface area contributed by atoms with Gasteiger partial charge in [0.2, 0.25) is 5.91 Å². The van der Waals surface area contributed by atoms with Crippen LogP contribution in [0.4, 0.5) is 0 Å². The normalized spacial score (nSPS) is 15.4. The third-order valence-electron chi connectivity index (χ3n) is 5.95. The fourth-order valence-electron chi connectivity index (χ4n) is 4.02. The molecule has 0 saturated carbocycles. The molecule has 0 spiro atoms. The second-order valence-electron chi connectivity index (χ2n) is 8.00. The van der Waals surface area contributed by atoms with E-state index in [1.807, 2.05) is 45.9 Å². The lowest BCUT2D eigenvalue weighted by atomic mass is 10.1. The predicted octanol–water partition coefficient (Wildman–Crippen LogP) is 4.78. The van der Waals surface area contributed by atoms with Gasteiger partial charge in [-0.1, -0.05) is 59.8 Å². The molecule has 1 unspecified atom stereocenters. The van der Waals surface area contributed by atoms with Gasteiger partial charge in [0.05, 0.1) is 5.75 Å². The Morgan fingerprint density at radius 1 is 1.09 bits per heavy atom. The number of benzene rings is 2. The van der Waals surface area contributed by atoms with E-state index in [9.17, 15) is 4.79 Å². The minimum absolute atomic E-state index is 0.133. The van der Waals surface area contributed by atoms with Gasteiger partial charge in [0.1, 0.15) is 0 Å². The maximum absolute atomic E-state index is 12.9. The molecular formula is C25H28ClN5OS. The third kappa shape index (κ3) is 5.66. The van der Waals surface area contributed by atoms with Gasteiger partial charge in [0.25, 0.3) is 0 Å². The zero-order chi connectivity index (χ0) is 23.2. The van der Waals surface area contributed by atoms with E-state index in [0.717, 1.165) is 37.6 Å². The molecule has 6 nitrogen and oxygen atoms in total. The molecule has 8 heteroatoms. The highest BCUT2D eigenvalue weighted by Gasteiger charge is 2.25. The first-order chi connectivity index (χ1) is 16.1. The van der Waals surface area contributed by atoms with Gasteiger partial charge in [-0.25, -0.2) is 0 Å². The Bertz CT molecular complexity index is 1080. The summed E-state index contributed by atoms with van der Waals surface area (Å²) in [6.07, 6.45) is 1.81. The Hall–Kier alpha value is -2.61. The lowest BCUT2D eigenvalue weighted by Crippen LogP contribution is -2.49. The Balaban J connectivity index is 1.34. The number of aromatic nitrogens is 3. The van der Waals surface area contributed by atoms with Crippen molar-refractivity contribution in [3.05, 3.63) is 77.8 Å². The molecular weight excluding hydrogens is 454 g/mol. The number of carbonyl (C=O) groups is 1. The van der Waals surface area contributed by atoms with Gasteiger partial charge >= 0.3 is 0 Å². The molecule has 1 saturated heterocycles. The van der Waals surface area contributed by atoms with Crippen LogP contribution in [0.5, 0.6) is 0 Å². The smallest absolute Gasteiger partial charge is 0.233 e. The maximum atomic E-state index is 12.9. The first-order valence-electron chi connectivity index (χ1n) is 11.1. The fourth-order valence-corrected chi connectivity index (χ4v) is 5.00. The number of allylic oxidation sites excluding steroid dienone is 1. The molecule has 3 aromatic rings. The van der Waals surface area contributed by atoms with Crippen molar-refractivity contribution in [2.45, 2.75) is 24.7 Å². The van der Waals surface area contributed by atoms with Crippen molar-refractivity contribution in [3.8, 4) is 11.4 Å². The van der Waals surface area contributed by atoms with Crippen LogP contribution in [0.3, 0.4) is 0 Å². The van der Waals surface area contributed by atoms with E-state index in [4.69, 9.17) is 11.6 Å². The van der Waals surface area contributed by atoms with Gasteiger partial charge in [-0.3, -0.25) is 14.3 Å². The first kappa shape index (κ1) is 23.5. The number of hydrogen-bond acceptors (Lipinski definition) is 5. The standard InChI is InChI=1S/C25H28ClN5OS/c1-3-13-31-24(21-9-11-22(26)12-10-21)27-28-25(31)33-18-23(32)30-16-14-29(15-17-30)19(2)20-7-5-4-6-8-20/h3-12,19H,1,13-18H2,2H3. The minimum atomic E-state index is 0.133. The molecule has 1 aliphatic heterocycles. The van der Waals surface area contributed by atoms with E-state index in [-0.39, 0.29) is 5.91 Å². The van der Waals surface area contributed by atoms with Gasteiger partial charge in [-0.2, -0.15) is 0 Å². The minimum Gasteiger partial charge on any atom is -0.339 e. The number of nitrogens with zero attached hydrogens (tertiary/aromatic N) is 5. The van der Waals surface area contributed by atoms with Crippen molar-refractivity contribution in [3.63, 3.8) is 0 Å². The molecule has 1 aliphatic rings. The number of amides is 1. The van der Waals surface area contributed by atoms with Crippen molar-refractivity contribution in [1.29, 1.82) is 0 Å². The van der Waals surface area contributed by atoms with Gasteiger partial charge < -0.3 is 4.90 Å². The van der Waals surface area contributed by atoms with Crippen molar-refractivity contribution in [2.75, 3.05) is 31.9 Å². The van der Waals surface area contributed by atoms with Crippen LogP contribution in [-0.2, 0) is 11.3 Å². The van der Waals surface area contributed by atoms with Gasteiger partial charge in [-0.05, 0) is 36.8 Å². The number of rotatable bonds is 8. The highest BCUT2D eigenvalue weighted by molar-refractivity contribution is 7.99. The summed E-state index contributed by atoms with van der Waals surface area (Å²) in [6.45, 7) is 9.88. The Kier molecular flexibility index (Phi) is 7.85. The van der Waals surface area contributed by atoms with Crippen molar-refractivity contribution in [1.82, 2.24) is 24.6 Å². The van der Waals surface area contributed by atoms with E-state index in [1.165, 1.54) is 17.3 Å². The zero-order valence-electron chi connectivity index (χ0n) is 18.7. The van der Waals surface area contributed by atoms with Crippen LogP contribution in [0.1, 0.15) is 18.5 Å². The Morgan fingerprint density at radius 3 is 2.45 bits per heavy atom.